The molecule has 1 heterocycles. The van der Waals surface area contributed by atoms with Crippen molar-refractivity contribution in [3.8, 4) is 0 Å². The van der Waals surface area contributed by atoms with Crippen LogP contribution in [0.25, 0.3) is 0 Å². The van der Waals surface area contributed by atoms with Crippen LogP contribution in [0, 0.1) is 0 Å². The Hall–Kier alpha value is 1.38. The maximum absolute atomic E-state index is 2.32. The molecule has 0 unspecified atom stereocenters. The van der Waals surface area contributed by atoms with Gasteiger partial charge in [-0.25, -0.2) is 0 Å². The summed E-state index contributed by atoms with van der Waals surface area (Å²) in [6.45, 7) is 5.31. The van der Waals surface area contributed by atoms with Crippen molar-refractivity contribution < 1.29 is 56.9 Å². The highest BCUT2D eigenvalue weighted by molar-refractivity contribution is 4.43. The van der Waals surface area contributed by atoms with Crippen LogP contribution < -0.4 is 48.0 Å². The van der Waals surface area contributed by atoms with Crippen molar-refractivity contribution in [1.82, 2.24) is 0 Å². The zero-order valence-corrected chi connectivity index (χ0v) is 12.8. The van der Waals surface area contributed by atoms with E-state index in [1.807, 2.05) is 0 Å². The van der Waals surface area contributed by atoms with Gasteiger partial charge in [-0.05, 0) is 0 Å². The minimum Gasteiger partial charge on any atom is -1.00 e. The van der Waals surface area contributed by atoms with Crippen molar-refractivity contribution in [2.24, 2.45) is 0 Å². The van der Waals surface area contributed by atoms with Crippen LogP contribution in [0.1, 0.15) is 0 Å². The Kier molecular flexibility index (Phi) is 7.00. The molecule has 1 saturated heterocycles. The summed E-state index contributed by atoms with van der Waals surface area (Å²) in [7, 11) is 9.27. The second-order valence-electron chi connectivity index (χ2n) is 4.77. The van der Waals surface area contributed by atoms with Crippen LogP contribution >= 0.6 is 0 Å². The fraction of sp³-hybridized carbons (Fsp3) is 1.00. The molecule has 76 valence electrons. The average molecular weight is 398 g/mol. The summed E-state index contributed by atoms with van der Waals surface area (Å²) in [6.07, 6.45) is 0. The smallest absolute Gasteiger partial charge is 0.128 e. The summed E-state index contributed by atoms with van der Waals surface area (Å²) in [6, 6.07) is 0. The van der Waals surface area contributed by atoms with E-state index in [1.165, 1.54) is 35.1 Å². The number of quaternary nitrogens is 2. The average Bonchev–Trinajstić information content (AvgIpc) is 1.79. The quantitative estimate of drug-likeness (QED) is 0.282. The Balaban J connectivity index is 0. The second-order valence-corrected chi connectivity index (χ2v) is 4.77. The highest BCUT2D eigenvalue weighted by Gasteiger charge is 2.30. The van der Waals surface area contributed by atoms with Crippen LogP contribution in [0.15, 0.2) is 0 Å². The molecule has 0 aromatic carbocycles. The Morgan fingerprint density at radius 2 is 0.750 bits per heavy atom. The fourth-order valence-corrected chi connectivity index (χ4v) is 1.31. The summed E-state index contributed by atoms with van der Waals surface area (Å²) < 4.78 is 2.42. The number of likely N-dealkylation sites (N-methyl/N-ethyl adjacent to an activating group) is 2. The first kappa shape index (κ1) is 15.8. The predicted octanol–water partition coefficient (Wildman–Crippen LogP) is -5.84. The topological polar surface area (TPSA) is 0 Å². The molecule has 2 nitrogen and oxygen atoms in total. The Labute approximate surface area is 111 Å². The van der Waals surface area contributed by atoms with E-state index in [-0.39, 0.29) is 48.0 Å². The summed E-state index contributed by atoms with van der Waals surface area (Å²) in [5, 5.41) is 0. The summed E-state index contributed by atoms with van der Waals surface area (Å²) in [5.41, 5.74) is 0. The predicted molar refractivity (Wildman–Crippen MR) is 43.7 cm³/mol. The van der Waals surface area contributed by atoms with E-state index in [0.717, 1.165) is 0 Å². The normalized spacial score (nSPS) is 25.0. The lowest BCUT2D eigenvalue weighted by molar-refractivity contribution is -0.998. The van der Waals surface area contributed by atoms with Crippen molar-refractivity contribution in [2.75, 3.05) is 54.4 Å². The highest BCUT2D eigenvalue weighted by Crippen LogP contribution is 2.09. The first-order chi connectivity index (χ1) is 4.41. The van der Waals surface area contributed by atoms with Gasteiger partial charge in [0.05, 0.1) is 28.2 Å². The zero-order valence-electron chi connectivity index (χ0n) is 8.48. The van der Waals surface area contributed by atoms with Crippen LogP contribution in [0.4, 0.5) is 0 Å². The van der Waals surface area contributed by atoms with E-state index >= 15 is 0 Å². The lowest BCUT2D eigenvalue weighted by Crippen LogP contribution is -3.00. The number of halogens is 2. The van der Waals surface area contributed by atoms with E-state index in [9.17, 15) is 0 Å². The van der Waals surface area contributed by atoms with Gasteiger partial charge in [0.15, 0.2) is 0 Å². The highest BCUT2D eigenvalue weighted by atomic mass is 127. The number of hydrogen-bond acceptors (Lipinski definition) is 0. The number of hydrogen-bond donors (Lipinski definition) is 0. The number of piperazine rings is 1. The van der Waals surface area contributed by atoms with Crippen LogP contribution in [0.2, 0.25) is 0 Å². The van der Waals surface area contributed by atoms with Gasteiger partial charge >= 0.3 is 0 Å². The third-order valence-electron chi connectivity index (χ3n) is 2.62. The maximum atomic E-state index is 2.32. The van der Waals surface area contributed by atoms with E-state index in [2.05, 4.69) is 28.2 Å². The molecule has 0 amide bonds. The molecule has 4 heteroatoms. The first-order valence-corrected chi connectivity index (χ1v) is 4.05. The van der Waals surface area contributed by atoms with E-state index in [0.29, 0.717) is 0 Å². The largest absolute Gasteiger partial charge is 1.00 e. The molecular formula is C8H20I2N2. The lowest BCUT2D eigenvalue weighted by atomic mass is 10.2. The minimum atomic E-state index is 0. The van der Waals surface area contributed by atoms with Crippen molar-refractivity contribution in [3.63, 3.8) is 0 Å². The molecule has 1 fully saturated rings. The summed E-state index contributed by atoms with van der Waals surface area (Å²) in [4.78, 5) is 0. The SMILES string of the molecule is C[N+]1(C)CC[N+](C)(C)CC1.[I-].[I-]. The third kappa shape index (κ3) is 5.18. The molecule has 0 N–H and O–H groups in total. The molecule has 0 aromatic heterocycles. The monoisotopic (exact) mass is 398 g/mol. The van der Waals surface area contributed by atoms with Crippen LogP contribution in [0.5, 0.6) is 0 Å². The molecule has 1 aliphatic heterocycles. The maximum Gasteiger partial charge on any atom is 0.128 e. The fourth-order valence-electron chi connectivity index (χ4n) is 1.31. The third-order valence-corrected chi connectivity index (χ3v) is 2.62. The van der Waals surface area contributed by atoms with Crippen LogP contribution in [-0.4, -0.2) is 63.3 Å². The Morgan fingerprint density at radius 1 is 0.583 bits per heavy atom. The molecule has 1 rings (SSSR count). The van der Waals surface area contributed by atoms with Gasteiger partial charge in [0.2, 0.25) is 0 Å². The van der Waals surface area contributed by atoms with E-state index < -0.39 is 0 Å². The van der Waals surface area contributed by atoms with Gasteiger partial charge in [0.1, 0.15) is 26.2 Å². The van der Waals surface area contributed by atoms with Gasteiger partial charge in [-0.1, -0.05) is 0 Å². The second kappa shape index (κ2) is 5.31. The van der Waals surface area contributed by atoms with Gasteiger partial charge in [-0.15, -0.1) is 0 Å². The lowest BCUT2D eigenvalue weighted by Gasteiger charge is -2.42. The van der Waals surface area contributed by atoms with E-state index in [1.54, 1.807) is 0 Å². The Morgan fingerprint density at radius 3 is 0.917 bits per heavy atom. The number of rotatable bonds is 0. The van der Waals surface area contributed by atoms with Crippen molar-refractivity contribution in [3.05, 3.63) is 0 Å². The standard InChI is InChI=1S/C8H20N2.2HI/c1-9(2)5-7-10(3,4)8-6-9;;/h5-8H2,1-4H3;2*1H/q+2;;/p-2. The van der Waals surface area contributed by atoms with Gasteiger partial charge in [-0.3, -0.25) is 0 Å². The zero-order chi connectivity index (χ0) is 7.83. The molecular weight excluding hydrogens is 378 g/mol. The van der Waals surface area contributed by atoms with Gasteiger partial charge in [0.25, 0.3) is 0 Å². The molecule has 0 atom stereocenters. The minimum absolute atomic E-state index is 0. The molecule has 0 bridgehead atoms. The van der Waals surface area contributed by atoms with E-state index in [4.69, 9.17) is 0 Å². The van der Waals surface area contributed by atoms with Gasteiger partial charge in [-0.2, -0.15) is 0 Å². The molecule has 0 aromatic rings. The molecule has 12 heavy (non-hydrogen) atoms. The van der Waals surface area contributed by atoms with Crippen LogP contribution in [0.3, 0.4) is 0 Å². The molecule has 1 aliphatic rings. The Bertz CT molecular complexity index is 107. The molecule has 0 radical (unpaired) electrons. The van der Waals surface area contributed by atoms with Gasteiger partial charge < -0.3 is 56.9 Å². The molecule has 0 spiro atoms. The molecule has 0 saturated carbocycles. The van der Waals surface area contributed by atoms with Crippen molar-refractivity contribution >= 4 is 0 Å². The summed E-state index contributed by atoms with van der Waals surface area (Å²) >= 11 is 0. The van der Waals surface area contributed by atoms with Crippen molar-refractivity contribution in [2.45, 2.75) is 0 Å². The van der Waals surface area contributed by atoms with Crippen molar-refractivity contribution in [1.29, 1.82) is 0 Å². The summed E-state index contributed by atoms with van der Waals surface area (Å²) in [5.74, 6) is 0. The molecule has 0 aliphatic carbocycles. The number of nitrogens with zero attached hydrogens (tertiary/aromatic N) is 2. The first-order valence-electron chi connectivity index (χ1n) is 4.05. The van der Waals surface area contributed by atoms with Crippen LogP contribution in [-0.2, 0) is 0 Å². The van der Waals surface area contributed by atoms with Gasteiger partial charge in [0, 0.05) is 0 Å².